The minimum atomic E-state index is -3.00. The average Bonchev–Trinajstić information content (AvgIpc) is 3.31. The SMILES string of the molecule is Cc1ccc(C(=O)Cc2cc(N3CCN(C)CC3)cc(C(C)(F)F)c2)cc1C#Cc1cnc2cccnn12. The first-order valence-electron chi connectivity index (χ1n) is 12.6. The summed E-state index contributed by atoms with van der Waals surface area (Å²) < 4.78 is 30.4. The highest BCUT2D eigenvalue weighted by atomic mass is 19.3. The van der Waals surface area contributed by atoms with Gasteiger partial charge in [-0.2, -0.15) is 5.10 Å². The minimum absolute atomic E-state index is 0.0256. The normalized spacial score (nSPS) is 14.4. The number of rotatable bonds is 5. The molecule has 0 saturated carbocycles. The van der Waals surface area contributed by atoms with Crippen LogP contribution in [0.4, 0.5) is 14.5 Å². The Hall–Kier alpha value is -4.09. The molecule has 4 aromatic rings. The minimum Gasteiger partial charge on any atom is -0.369 e. The molecule has 0 atom stereocenters. The predicted molar refractivity (Wildman–Crippen MR) is 144 cm³/mol. The van der Waals surface area contributed by atoms with Crippen LogP contribution in [0.25, 0.3) is 5.65 Å². The van der Waals surface area contributed by atoms with Gasteiger partial charge in [0.1, 0.15) is 5.69 Å². The lowest BCUT2D eigenvalue weighted by Crippen LogP contribution is -2.44. The number of benzene rings is 2. The van der Waals surface area contributed by atoms with E-state index in [2.05, 4.69) is 31.7 Å². The molecular weight excluding hydrogens is 484 g/mol. The first kappa shape index (κ1) is 25.6. The smallest absolute Gasteiger partial charge is 0.270 e. The topological polar surface area (TPSA) is 53.7 Å². The van der Waals surface area contributed by atoms with Crippen LogP contribution in [0.15, 0.2) is 60.9 Å². The molecule has 0 unspecified atom stereocenters. The molecule has 194 valence electrons. The maximum Gasteiger partial charge on any atom is 0.270 e. The quantitative estimate of drug-likeness (QED) is 0.285. The van der Waals surface area contributed by atoms with Crippen molar-refractivity contribution in [3.63, 3.8) is 0 Å². The molecule has 0 N–H and O–H groups in total. The summed E-state index contributed by atoms with van der Waals surface area (Å²) >= 11 is 0. The molecule has 0 bridgehead atoms. The fraction of sp³-hybridized carbons (Fsp3) is 0.300. The van der Waals surface area contributed by atoms with Crippen LogP contribution < -0.4 is 4.90 Å². The Balaban J connectivity index is 1.41. The Morgan fingerprint density at radius 3 is 2.61 bits per heavy atom. The number of alkyl halides is 2. The second-order valence-electron chi connectivity index (χ2n) is 9.88. The van der Waals surface area contributed by atoms with Crippen molar-refractivity contribution >= 4 is 17.1 Å². The van der Waals surface area contributed by atoms with Crippen molar-refractivity contribution in [3.05, 3.63) is 94.4 Å². The van der Waals surface area contributed by atoms with Gasteiger partial charge in [0.2, 0.25) is 0 Å². The lowest BCUT2D eigenvalue weighted by molar-refractivity contribution is 0.0174. The number of fused-ring (bicyclic) bond motifs is 1. The van der Waals surface area contributed by atoms with Crippen LogP contribution in [-0.4, -0.2) is 58.5 Å². The summed E-state index contributed by atoms with van der Waals surface area (Å²) in [5, 5.41) is 4.28. The van der Waals surface area contributed by atoms with Crippen molar-refractivity contribution < 1.29 is 13.6 Å². The zero-order valence-corrected chi connectivity index (χ0v) is 21.7. The van der Waals surface area contributed by atoms with Gasteiger partial charge in [0.15, 0.2) is 11.4 Å². The number of aromatic nitrogens is 3. The molecule has 1 saturated heterocycles. The predicted octanol–water partition coefficient (Wildman–Crippen LogP) is 4.73. The molecule has 2 aromatic heterocycles. The van der Waals surface area contributed by atoms with Crippen LogP contribution >= 0.6 is 0 Å². The highest BCUT2D eigenvalue weighted by Crippen LogP contribution is 2.32. The highest BCUT2D eigenvalue weighted by molar-refractivity contribution is 5.98. The Kier molecular flexibility index (Phi) is 6.96. The van der Waals surface area contributed by atoms with E-state index in [-0.39, 0.29) is 17.8 Å². The third-order valence-corrected chi connectivity index (χ3v) is 6.88. The molecule has 0 amide bonds. The van der Waals surface area contributed by atoms with E-state index in [1.54, 1.807) is 35.1 Å². The summed E-state index contributed by atoms with van der Waals surface area (Å²) in [6.07, 6.45) is 3.36. The van der Waals surface area contributed by atoms with Gasteiger partial charge in [-0.05, 0) is 67.4 Å². The van der Waals surface area contributed by atoms with Crippen LogP contribution in [-0.2, 0) is 12.3 Å². The van der Waals surface area contributed by atoms with E-state index < -0.39 is 5.92 Å². The van der Waals surface area contributed by atoms with Crippen molar-refractivity contribution in [1.82, 2.24) is 19.5 Å². The monoisotopic (exact) mass is 513 g/mol. The van der Waals surface area contributed by atoms with E-state index in [0.29, 0.717) is 28.0 Å². The summed E-state index contributed by atoms with van der Waals surface area (Å²) in [5.74, 6) is 3.09. The van der Waals surface area contributed by atoms with E-state index in [9.17, 15) is 13.6 Å². The maximum absolute atomic E-state index is 14.4. The molecule has 1 fully saturated rings. The van der Waals surface area contributed by atoms with Crippen LogP contribution in [0.3, 0.4) is 0 Å². The van der Waals surface area contributed by atoms with Crippen molar-refractivity contribution in [3.8, 4) is 11.8 Å². The van der Waals surface area contributed by atoms with Gasteiger partial charge >= 0.3 is 0 Å². The van der Waals surface area contributed by atoms with Crippen LogP contribution in [0.5, 0.6) is 0 Å². The molecule has 6 nitrogen and oxygen atoms in total. The van der Waals surface area contributed by atoms with E-state index in [4.69, 9.17) is 0 Å². The Morgan fingerprint density at radius 1 is 1.05 bits per heavy atom. The standard InChI is InChI=1S/C30H29F2N5O/c1-21-6-7-24(18-23(21)8-9-26-20-33-29-5-4-10-34-37(26)29)28(38)17-22-15-25(30(2,31)32)19-27(16-22)36-13-11-35(3)12-14-36/h4-7,10,15-16,18-20H,11-14,17H2,1-3H3. The lowest BCUT2D eigenvalue weighted by atomic mass is 9.96. The Morgan fingerprint density at radius 2 is 1.84 bits per heavy atom. The first-order valence-corrected chi connectivity index (χ1v) is 12.6. The number of carbonyl (C=O) groups is 1. The Bertz CT molecular complexity index is 1550. The molecule has 2 aromatic carbocycles. The summed E-state index contributed by atoms with van der Waals surface area (Å²) in [4.78, 5) is 21.9. The molecule has 1 aliphatic heterocycles. The molecule has 0 spiro atoms. The zero-order chi connectivity index (χ0) is 26.9. The molecule has 0 radical (unpaired) electrons. The van der Waals surface area contributed by atoms with Gasteiger partial charge in [0, 0.05) is 68.1 Å². The largest absolute Gasteiger partial charge is 0.369 e. The van der Waals surface area contributed by atoms with Crippen LogP contribution in [0, 0.1) is 18.8 Å². The van der Waals surface area contributed by atoms with Gasteiger partial charge in [-0.25, -0.2) is 18.3 Å². The van der Waals surface area contributed by atoms with Crippen molar-refractivity contribution in [2.75, 3.05) is 38.1 Å². The molecule has 3 heterocycles. The fourth-order valence-corrected chi connectivity index (χ4v) is 4.54. The Labute approximate surface area is 220 Å². The second-order valence-corrected chi connectivity index (χ2v) is 9.88. The third-order valence-electron chi connectivity index (χ3n) is 6.88. The first-order chi connectivity index (χ1) is 18.2. The number of hydrogen-bond donors (Lipinski definition) is 0. The molecule has 0 aliphatic carbocycles. The lowest BCUT2D eigenvalue weighted by Gasteiger charge is -2.34. The number of aryl methyl sites for hydroxylation is 1. The number of imidazole rings is 1. The van der Waals surface area contributed by atoms with Gasteiger partial charge in [0.25, 0.3) is 5.92 Å². The van der Waals surface area contributed by atoms with E-state index >= 15 is 0 Å². The van der Waals surface area contributed by atoms with Gasteiger partial charge in [-0.15, -0.1) is 0 Å². The second kappa shape index (κ2) is 10.3. The highest BCUT2D eigenvalue weighted by Gasteiger charge is 2.27. The number of carbonyl (C=O) groups excluding carboxylic acids is 1. The number of hydrogen-bond acceptors (Lipinski definition) is 5. The summed E-state index contributed by atoms with van der Waals surface area (Å²) in [5.41, 5.74) is 4.72. The number of Topliss-reactive ketones (excluding diaryl/α,β-unsaturated/α-hetero) is 1. The molecule has 5 rings (SSSR count). The molecular formula is C30H29F2N5O. The summed E-state index contributed by atoms with van der Waals surface area (Å²) in [6.45, 7) is 6.06. The number of piperazine rings is 1. The van der Waals surface area contributed by atoms with Gasteiger partial charge in [-0.3, -0.25) is 4.79 Å². The van der Waals surface area contributed by atoms with Crippen molar-refractivity contribution in [2.45, 2.75) is 26.2 Å². The van der Waals surface area contributed by atoms with Gasteiger partial charge < -0.3 is 9.80 Å². The third kappa shape index (κ3) is 5.58. The number of nitrogens with zero attached hydrogens (tertiary/aromatic N) is 5. The maximum atomic E-state index is 14.4. The van der Waals surface area contributed by atoms with E-state index in [1.807, 2.05) is 38.2 Å². The van der Waals surface area contributed by atoms with Crippen LogP contribution in [0.1, 0.15) is 45.2 Å². The molecule has 8 heteroatoms. The fourth-order valence-electron chi connectivity index (χ4n) is 4.54. The molecule has 1 aliphatic rings. The van der Waals surface area contributed by atoms with Crippen LogP contribution in [0.2, 0.25) is 0 Å². The van der Waals surface area contributed by atoms with E-state index in [1.165, 1.54) is 6.07 Å². The summed E-state index contributed by atoms with van der Waals surface area (Å²) in [6, 6.07) is 13.9. The van der Waals surface area contributed by atoms with Crippen molar-refractivity contribution in [1.29, 1.82) is 0 Å². The number of anilines is 1. The van der Waals surface area contributed by atoms with E-state index in [0.717, 1.165) is 44.4 Å². The van der Waals surface area contributed by atoms with Gasteiger partial charge in [-0.1, -0.05) is 18.1 Å². The number of ketones is 1. The zero-order valence-electron chi connectivity index (χ0n) is 21.7. The van der Waals surface area contributed by atoms with Gasteiger partial charge in [0.05, 0.1) is 6.20 Å². The number of halogens is 2. The van der Waals surface area contributed by atoms with Crippen molar-refractivity contribution in [2.24, 2.45) is 0 Å². The average molecular weight is 514 g/mol. The number of likely N-dealkylation sites (N-methyl/N-ethyl adjacent to an activating group) is 1. The summed E-state index contributed by atoms with van der Waals surface area (Å²) in [7, 11) is 2.05. The molecule has 38 heavy (non-hydrogen) atoms.